The first-order valence-electron chi connectivity index (χ1n) is 8.13. The minimum atomic E-state index is -0.745. The second-order valence-corrected chi connectivity index (χ2v) is 7.01. The van der Waals surface area contributed by atoms with Gasteiger partial charge in [-0.15, -0.1) is 11.8 Å². The maximum Gasteiger partial charge on any atom is 0.306 e. The Labute approximate surface area is 140 Å². The molecule has 1 aromatic rings. The summed E-state index contributed by atoms with van der Waals surface area (Å²) in [4.78, 5) is 24.5. The Bertz CT molecular complexity index is 563. The molecule has 6 heteroatoms. The number of carbonyl (C=O) groups excluding carboxylic acids is 1. The number of thioether (sulfide) groups is 1. The van der Waals surface area contributed by atoms with E-state index < -0.39 is 12.0 Å². The molecule has 23 heavy (non-hydrogen) atoms. The number of benzene rings is 1. The number of hydrogen-bond acceptors (Lipinski definition) is 5. The van der Waals surface area contributed by atoms with Crippen LogP contribution in [-0.2, 0) is 9.53 Å². The van der Waals surface area contributed by atoms with E-state index in [9.17, 15) is 14.9 Å². The highest BCUT2D eigenvalue weighted by molar-refractivity contribution is 8.00. The monoisotopic (exact) mass is 337 g/mol. The van der Waals surface area contributed by atoms with E-state index in [2.05, 4.69) is 6.92 Å². The molecule has 0 amide bonds. The van der Waals surface area contributed by atoms with E-state index in [-0.39, 0.29) is 22.6 Å². The Kier molecular flexibility index (Phi) is 6.45. The number of rotatable bonds is 7. The Balaban J connectivity index is 2.34. The summed E-state index contributed by atoms with van der Waals surface area (Å²) in [5.74, 6) is -0.774. The Morgan fingerprint density at radius 1 is 1.35 bits per heavy atom. The first kappa shape index (κ1) is 17.8. The van der Waals surface area contributed by atoms with Crippen LogP contribution in [0.25, 0.3) is 0 Å². The quantitative estimate of drug-likeness (QED) is 0.427. The van der Waals surface area contributed by atoms with Crippen molar-refractivity contribution in [1.82, 2.24) is 0 Å². The highest BCUT2D eigenvalue weighted by Gasteiger charge is 2.45. The number of unbranched alkanes of at least 4 members (excludes halogenated alkanes) is 1. The average Bonchev–Trinajstić information content (AvgIpc) is 2.52. The van der Waals surface area contributed by atoms with Crippen molar-refractivity contribution in [3.05, 3.63) is 39.9 Å². The summed E-state index contributed by atoms with van der Waals surface area (Å²) in [6.07, 6.45) is 2.82. The lowest BCUT2D eigenvalue weighted by atomic mass is 9.85. The molecule has 0 saturated carbocycles. The van der Waals surface area contributed by atoms with E-state index in [0.29, 0.717) is 6.61 Å². The Morgan fingerprint density at radius 2 is 2.09 bits per heavy atom. The second kappa shape index (κ2) is 8.34. The maximum absolute atomic E-state index is 12.0. The van der Waals surface area contributed by atoms with Crippen LogP contribution >= 0.6 is 11.8 Å². The van der Waals surface area contributed by atoms with Crippen molar-refractivity contribution in [1.29, 1.82) is 0 Å². The standard InChI is InChI=1S/C17H23NO4S/c1-3-5-9-15-17(18(20)21)13(11-16(19)22-4-2)12-8-6-7-10-14(12)23-15/h6-8,10,13,15,17H,3-5,9,11H2,1-2H3/t13-,15-,17+/m1/s1. The van der Waals surface area contributed by atoms with E-state index >= 15 is 0 Å². The summed E-state index contributed by atoms with van der Waals surface area (Å²) < 4.78 is 5.04. The first-order chi connectivity index (χ1) is 11.1. The molecule has 0 unspecified atom stereocenters. The molecule has 0 N–H and O–H groups in total. The van der Waals surface area contributed by atoms with Crippen LogP contribution in [0.4, 0.5) is 0 Å². The number of ether oxygens (including phenoxy) is 1. The van der Waals surface area contributed by atoms with Gasteiger partial charge in [0.2, 0.25) is 6.04 Å². The number of nitro groups is 1. The SMILES string of the molecule is CCCC[C@H]1Sc2ccccc2[C@@H](CC(=O)OCC)[C@@H]1[N+](=O)[O-]. The Morgan fingerprint density at radius 3 is 2.74 bits per heavy atom. The molecule has 1 aromatic carbocycles. The zero-order valence-electron chi connectivity index (χ0n) is 13.6. The molecule has 1 aliphatic rings. The van der Waals surface area contributed by atoms with Gasteiger partial charge >= 0.3 is 5.97 Å². The van der Waals surface area contributed by atoms with Crippen LogP contribution in [0.15, 0.2) is 29.2 Å². The van der Waals surface area contributed by atoms with Gasteiger partial charge in [-0.05, 0) is 25.0 Å². The van der Waals surface area contributed by atoms with Crippen LogP contribution in [0.3, 0.4) is 0 Å². The smallest absolute Gasteiger partial charge is 0.306 e. The summed E-state index contributed by atoms with van der Waals surface area (Å²) in [6, 6.07) is 6.97. The van der Waals surface area contributed by atoms with Gasteiger partial charge < -0.3 is 4.74 Å². The summed E-state index contributed by atoms with van der Waals surface area (Å²) in [5, 5.41) is 11.6. The second-order valence-electron chi connectivity index (χ2n) is 5.73. The fourth-order valence-electron chi connectivity index (χ4n) is 3.12. The minimum absolute atomic E-state index is 0.0691. The fourth-order valence-corrected chi connectivity index (χ4v) is 4.67. The lowest BCUT2D eigenvalue weighted by Gasteiger charge is -2.33. The lowest BCUT2D eigenvalue weighted by molar-refractivity contribution is -0.526. The van der Waals surface area contributed by atoms with Gasteiger partial charge in [0.05, 0.1) is 24.2 Å². The molecular weight excluding hydrogens is 314 g/mol. The van der Waals surface area contributed by atoms with Crippen LogP contribution in [0, 0.1) is 10.1 Å². The molecule has 126 valence electrons. The molecule has 2 rings (SSSR count). The highest BCUT2D eigenvalue weighted by Crippen LogP contribution is 2.46. The highest BCUT2D eigenvalue weighted by atomic mass is 32.2. The molecule has 1 aliphatic heterocycles. The molecule has 0 aromatic heterocycles. The third-order valence-electron chi connectivity index (χ3n) is 4.17. The molecular formula is C17H23NO4S. The molecule has 0 aliphatic carbocycles. The van der Waals surface area contributed by atoms with Crippen LogP contribution in [0.1, 0.15) is 51.0 Å². The predicted octanol–water partition coefficient (Wildman–Crippen LogP) is 4.03. The summed E-state index contributed by atoms with van der Waals surface area (Å²) in [5.41, 5.74) is 0.903. The summed E-state index contributed by atoms with van der Waals surface area (Å²) in [7, 11) is 0. The molecule has 0 saturated heterocycles. The van der Waals surface area contributed by atoms with Crippen molar-refractivity contribution in [3.63, 3.8) is 0 Å². The van der Waals surface area contributed by atoms with Gasteiger partial charge in [0, 0.05) is 9.82 Å². The van der Waals surface area contributed by atoms with Gasteiger partial charge in [0.25, 0.3) is 0 Å². The van der Waals surface area contributed by atoms with Gasteiger partial charge in [-0.2, -0.15) is 0 Å². The van der Waals surface area contributed by atoms with E-state index in [1.165, 1.54) is 0 Å². The number of esters is 1. The van der Waals surface area contributed by atoms with E-state index in [4.69, 9.17) is 4.74 Å². The van der Waals surface area contributed by atoms with Crippen LogP contribution in [0.5, 0.6) is 0 Å². The van der Waals surface area contributed by atoms with Crippen molar-refractivity contribution >= 4 is 17.7 Å². The van der Waals surface area contributed by atoms with Gasteiger partial charge in [0.15, 0.2) is 0 Å². The van der Waals surface area contributed by atoms with Gasteiger partial charge in [-0.25, -0.2) is 0 Å². The lowest BCUT2D eigenvalue weighted by Crippen LogP contribution is -2.41. The van der Waals surface area contributed by atoms with E-state index in [1.807, 2.05) is 24.3 Å². The van der Waals surface area contributed by atoms with E-state index in [1.54, 1.807) is 18.7 Å². The van der Waals surface area contributed by atoms with Gasteiger partial charge in [0.1, 0.15) is 0 Å². The maximum atomic E-state index is 12.0. The fraction of sp³-hybridized carbons (Fsp3) is 0.588. The van der Waals surface area contributed by atoms with Crippen LogP contribution in [0.2, 0.25) is 0 Å². The van der Waals surface area contributed by atoms with Crippen LogP contribution in [-0.4, -0.2) is 28.8 Å². The third kappa shape index (κ3) is 4.25. The molecule has 0 radical (unpaired) electrons. The van der Waals surface area contributed by atoms with E-state index in [0.717, 1.165) is 29.7 Å². The summed E-state index contributed by atoms with van der Waals surface area (Å²) >= 11 is 1.58. The normalized spacial score (nSPS) is 23.1. The van der Waals surface area contributed by atoms with Crippen molar-refractivity contribution < 1.29 is 14.5 Å². The molecule has 0 spiro atoms. The minimum Gasteiger partial charge on any atom is -0.466 e. The Hall–Kier alpha value is -1.56. The molecule has 0 fully saturated rings. The van der Waals surface area contributed by atoms with Crippen molar-refractivity contribution in [3.8, 4) is 0 Å². The molecule has 5 nitrogen and oxygen atoms in total. The average molecular weight is 337 g/mol. The van der Waals surface area contributed by atoms with Crippen molar-refractivity contribution in [2.24, 2.45) is 0 Å². The van der Waals surface area contributed by atoms with Crippen molar-refractivity contribution in [2.45, 2.75) is 61.6 Å². The van der Waals surface area contributed by atoms with Crippen molar-refractivity contribution in [2.75, 3.05) is 6.61 Å². The number of hydrogen-bond donors (Lipinski definition) is 0. The van der Waals surface area contributed by atoms with Gasteiger partial charge in [-0.3, -0.25) is 14.9 Å². The first-order valence-corrected chi connectivity index (χ1v) is 9.01. The summed E-state index contributed by atoms with van der Waals surface area (Å²) in [6.45, 7) is 4.13. The predicted molar refractivity (Wildman–Crippen MR) is 90.4 cm³/mol. The molecule has 3 atom stereocenters. The third-order valence-corrected chi connectivity index (χ3v) is 5.61. The molecule has 0 bridgehead atoms. The van der Waals surface area contributed by atoms with Crippen LogP contribution < -0.4 is 0 Å². The topological polar surface area (TPSA) is 69.4 Å². The zero-order chi connectivity index (χ0) is 16.8. The molecule has 1 heterocycles. The number of carbonyl (C=O) groups is 1. The number of nitrogens with zero attached hydrogens (tertiary/aromatic N) is 1. The zero-order valence-corrected chi connectivity index (χ0v) is 14.4. The largest absolute Gasteiger partial charge is 0.466 e. The van der Waals surface area contributed by atoms with Gasteiger partial charge in [-0.1, -0.05) is 38.0 Å². The number of fused-ring (bicyclic) bond motifs is 1.